The molecule has 0 saturated carbocycles. The van der Waals surface area contributed by atoms with Gasteiger partial charge in [0.1, 0.15) is 5.75 Å². The molecule has 1 aliphatic heterocycles. The van der Waals surface area contributed by atoms with E-state index in [4.69, 9.17) is 0 Å². The molecule has 0 bridgehead atoms. The zero-order valence-electron chi connectivity index (χ0n) is 9.71. The van der Waals surface area contributed by atoms with Crippen molar-refractivity contribution in [3.05, 3.63) is 24.2 Å². The Bertz CT molecular complexity index is 516. The summed E-state index contributed by atoms with van der Waals surface area (Å²) in [5.74, 6) is 1.07. The van der Waals surface area contributed by atoms with Crippen LogP contribution in [0.2, 0.25) is 0 Å². The average molecular weight is 232 g/mol. The summed E-state index contributed by atoms with van der Waals surface area (Å²) < 4.78 is 1.63. The van der Waals surface area contributed by atoms with E-state index >= 15 is 0 Å². The third-order valence-corrected chi connectivity index (χ3v) is 3.21. The summed E-state index contributed by atoms with van der Waals surface area (Å²) in [6.07, 6.45) is 5.09. The van der Waals surface area contributed by atoms with Crippen molar-refractivity contribution in [2.24, 2.45) is 0 Å². The fourth-order valence-corrected chi connectivity index (χ4v) is 2.29. The van der Waals surface area contributed by atoms with Crippen LogP contribution < -0.4 is 0 Å². The lowest BCUT2D eigenvalue weighted by Gasteiger charge is -2.12. The van der Waals surface area contributed by atoms with E-state index in [0.717, 1.165) is 24.4 Å². The number of fused-ring (bicyclic) bond motifs is 1. The Morgan fingerprint density at radius 2 is 2.06 bits per heavy atom. The Hall–Kier alpha value is -1.62. The number of hydrogen-bond acceptors (Lipinski definition) is 4. The summed E-state index contributed by atoms with van der Waals surface area (Å²) in [6.45, 7) is 3.44. The van der Waals surface area contributed by atoms with E-state index in [2.05, 4.69) is 15.0 Å². The lowest BCUT2D eigenvalue weighted by Crippen LogP contribution is -2.22. The molecule has 1 N–H and O–H groups in total. The molecule has 2 aromatic rings. The van der Waals surface area contributed by atoms with E-state index in [1.807, 2.05) is 0 Å². The molecule has 3 rings (SSSR count). The van der Waals surface area contributed by atoms with Gasteiger partial charge >= 0.3 is 0 Å². The van der Waals surface area contributed by atoms with Crippen molar-refractivity contribution in [3.63, 3.8) is 0 Å². The molecule has 5 nitrogen and oxygen atoms in total. The van der Waals surface area contributed by atoms with E-state index < -0.39 is 0 Å². The van der Waals surface area contributed by atoms with Gasteiger partial charge < -0.3 is 10.0 Å². The van der Waals surface area contributed by atoms with Crippen LogP contribution in [0.15, 0.2) is 18.3 Å². The van der Waals surface area contributed by atoms with E-state index in [9.17, 15) is 5.11 Å². The summed E-state index contributed by atoms with van der Waals surface area (Å²) in [5.41, 5.74) is 0.791. The summed E-state index contributed by atoms with van der Waals surface area (Å²) in [5, 5.41) is 13.7. The summed E-state index contributed by atoms with van der Waals surface area (Å²) in [4.78, 5) is 6.88. The predicted octanol–water partition coefficient (Wildman–Crippen LogP) is 1.07. The zero-order chi connectivity index (χ0) is 11.7. The van der Waals surface area contributed by atoms with Gasteiger partial charge in [-0.05, 0) is 38.1 Å². The molecule has 2 aromatic heterocycles. The van der Waals surface area contributed by atoms with Gasteiger partial charge in [0.25, 0.3) is 0 Å². The first-order chi connectivity index (χ1) is 8.31. The number of nitrogens with zero attached hydrogens (tertiary/aromatic N) is 4. The number of likely N-dealkylation sites (tertiary alicyclic amines) is 1. The maximum atomic E-state index is 9.35. The third kappa shape index (κ3) is 2.24. The van der Waals surface area contributed by atoms with Crippen LogP contribution in [0.25, 0.3) is 5.65 Å². The fourth-order valence-electron chi connectivity index (χ4n) is 2.29. The first-order valence-electron chi connectivity index (χ1n) is 6.08. The molecule has 1 saturated heterocycles. The van der Waals surface area contributed by atoms with Crippen LogP contribution in [0.1, 0.15) is 18.7 Å². The molecule has 3 heterocycles. The Kier molecular flexibility index (Phi) is 2.68. The number of aromatic hydroxyl groups is 1. The van der Waals surface area contributed by atoms with E-state index in [-0.39, 0.29) is 5.75 Å². The van der Waals surface area contributed by atoms with Crippen molar-refractivity contribution in [3.8, 4) is 5.75 Å². The Labute approximate surface area is 99.7 Å². The minimum atomic E-state index is 0.216. The number of aromatic nitrogens is 3. The molecule has 0 atom stereocenters. The minimum Gasteiger partial charge on any atom is -0.506 e. The van der Waals surface area contributed by atoms with Crippen molar-refractivity contribution in [2.45, 2.75) is 19.3 Å². The number of pyridine rings is 1. The van der Waals surface area contributed by atoms with Crippen molar-refractivity contribution in [2.75, 3.05) is 19.6 Å². The van der Waals surface area contributed by atoms with Crippen LogP contribution in [0.5, 0.6) is 5.75 Å². The molecule has 0 unspecified atom stereocenters. The minimum absolute atomic E-state index is 0.216. The molecular weight excluding hydrogens is 216 g/mol. The SMILES string of the molecule is Oc1ccc2nc(CCN3CCCC3)nn2c1. The smallest absolute Gasteiger partial charge is 0.155 e. The number of hydrogen-bond donors (Lipinski definition) is 1. The van der Waals surface area contributed by atoms with Gasteiger partial charge in [-0.3, -0.25) is 0 Å². The second-order valence-electron chi connectivity index (χ2n) is 4.52. The van der Waals surface area contributed by atoms with Crippen LogP contribution >= 0.6 is 0 Å². The molecule has 5 heteroatoms. The van der Waals surface area contributed by atoms with Gasteiger partial charge in [0.05, 0.1) is 6.20 Å². The van der Waals surface area contributed by atoms with Gasteiger partial charge in [-0.1, -0.05) is 0 Å². The Morgan fingerprint density at radius 1 is 1.24 bits per heavy atom. The third-order valence-electron chi connectivity index (χ3n) is 3.21. The normalized spacial score (nSPS) is 16.9. The highest BCUT2D eigenvalue weighted by molar-refractivity contribution is 5.40. The molecule has 90 valence electrons. The van der Waals surface area contributed by atoms with Gasteiger partial charge in [0.2, 0.25) is 0 Å². The summed E-state index contributed by atoms with van der Waals surface area (Å²) >= 11 is 0. The van der Waals surface area contributed by atoms with Crippen LogP contribution in [-0.4, -0.2) is 44.2 Å². The molecule has 0 radical (unpaired) electrons. The maximum absolute atomic E-state index is 9.35. The van der Waals surface area contributed by atoms with Gasteiger partial charge in [-0.2, -0.15) is 5.10 Å². The molecule has 0 aliphatic carbocycles. The first-order valence-corrected chi connectivity index (χ1v) is 6.08. The average Bonchev–Trinajstić information content (AvgIpc) is 2.94. The quantitative estimate of drug-likeness (QED) is 0.860. The summed E-state index contributed by atoms with van der Waals surface area (Å²) in [6, 6.07) is 3.41. The van der Waals surface area contributed by atoms with Gasteiger partial charge in [0, 0.05) is 13.0 Å². The first kappa shape index (κ1) is 10.5. The molecule has 1 fully saturated rings. The van der Waals surface area contributed by atoms with Gasteiger partial charge in [-0.15, -0.1) is 0 Å². The lowest BCUT2D eigenvalue weighted by atomic mass is 10.4. The van der Waals surface area contributed by atoms with Crippen LogP contribution in [0.3, 0.4) is 0 Å². The van der Waals surface area contributed by atoms with Crippen molar-refractivity contribution >= 4 is 5.65 Å². The lowest BCUT2D eigenvalue weighted by molar-refractivity contribution is 0.341. The molecule has 17 heavy (non-hydrogen) atoms. The monoisotopic (exact) mass is 232 g/mol. The van der Waals surface area contributed by atoms with Crippen LogP contribution in [0.4, 0.5) is 0 Å². The molecule has 0 aromatic carbocycles. The highest BCUT2D eigenvalue weighted by Crippen LogP contribution is 2.11. The van der Waals surface area contributed by atoms with E-state index in [1.54, 1.807) is 22.8 Å². The molecule has 1 aliphatic rings. The topological polar surface area (TPSA) is 53.7 Å². The Balaban J connectivity index is 1.72. The van der Waals surface area contributed by atoms with Gasteiger partial charge in [-0.25, -0.2) is 9.50 Å². The van der Waals surface area contributed by atoms with Crippen LogP contribution in [-0.2, 0) is 6.42 Å². The van der Waals surface area contributed by atoms with Crippen molar-refractivity contribution in [1.82, 2.24) is 19.5 Å². The molecular formula is C12H16N4O. The highest BCUT2D eigenvalue weighted by Gasteiger charge is 2.12. The van der Waals surface area contributed by atoms with E-state index in [0.29, 0.717) is 0 Å². The van der Waals surface area contributed by atoms with Crippen LogP contribution in [0, 0.1) is 0 Å². The molecule has 0 amide bonds. The highest BCUT2D eigenvalue weighted by atomic mass is 16.3. The fraction of sp³-hybridized carbons (Fsp3) is 0.500. The van der Waals surface area contributed by atoms with Crippen molar-refractivity contribution < 1.29 is 5.11 Å². The maximum Gasteiger partial charge on any atom is 0.155 e. The largest absolute Gasteiger partial charge is 0.506 e. The second-order valence-corrected chi connectivity index (χ2v) is 4.52. The predicted molar refractivity (Wildman–Crippen MR) is 64.0 cm³/mol. The molecule has 0 spiro atoms. The summed E-state index contributed by atoms with van der Waals surface area (Å²) in [7, 11) is 0. The second kappa shape index (κ2) is 4.33. The standard InChI is InChI=1S/C12H16N4O/c17-10-3-4-12-13-11(14-16(12)9-10)5-8-15-6-1-2-7-15/h3-4,9,17H,1-2,5-8H2. The Morgan fingerprint density at radius 3 is 2.88 bits per heavy atom. The van der Waals surface area contributed by atoms with Crippen molar-refractivity contribution in [1.29, 1.82) is 0 Å². The zero-order valence-corrected chi connectivity index (χ0v) is 9.71. The van der Waals surface area contributed by atoms with E-state index in [1.165, 1.54) is 25.9 Å². The number of rotatable bonds is 3. The van der Waals surface area contributed by atoms with Gasteiger partial charge in [0.15, 0.2) is 11.5 Å².